The number of nitrogens with two attached hydrogens (primary N) is 1. The first kappa shape index (κ1) is 35.7. The Labute approximate surface area is 243 Å². The Morgan fingerprint density at radius 3 is 1.76 bits per heavy atom. The van der Waals surface area contributed by atoms with E-state index in [2.05, 4.69) is 0 Å². The van der Waals surface area contributed by atoms with Crippen molar-refractivity contribution in [1.82, 2.24) is 0 Å². The van der Waals surface area contributed by atoms with Crippen LogP contribution >= 0.6 is 0 Å². The predicted octanol–water partition coefficient (Wildman–Crippen LogP) is 6.35. The SMILES string of the molecule is CCC(C)(C)OC(=O)Oc1ccc(C(CC(C)OC(=O)C(C)(C)CC)[C@H](N)C(=O)O)cc1OC(=O)OC(C)(C)CC. The first-order valence-electron chi connectivity index (χ1n) is 13.9. The molecule has 3 atom stereocenters. The monoisotopic (exact) mass is 581 g/mol. The van der Waals surface area contributed by atoms with E-state index in [9.17, 15) is 24.3 Å². The Kier molecular flexibility index (Phi) is 12.6. The quantitative estimate of drug-likeness (QED) is 0.143. The van der Waals surface area contributed by atoms with Crippen molar-refractivity contribution in [2.24, 2.45) is 11.1 Å². The van der Waals surface area contributed by atoms with Gasteiger partial charge in [-0.3, -0.25) is 9.59 Å². The molecule has 0 fully saturated rings. The molecular weight excluding hydrogens is 534 g/mol. The van der Waals surface area contributed by atoms with Crippen LogP contribution in [-0.4, -0.2) is 52.7 Å². The number of carboxylic acids is 1. The van der Waals surface area contributed by atoms with Crippen LogP contribution in [0.1, 0.15) is 106 Å². The Morgan fingerprint density at radius 1 is 0.829 bits per heavy atom. The summed E-state index contributed by atoms with van der Waals surface area (Å²) in [6, 6.07) is 2.81. The molecule has 11 heteroatoms. The van der Waals surface area contributed by atoms with Gasteiger partial charge in [0.2, 0.25) is 0 Å². The van der Waals surface area contributed by atoms with Gasteiger partial charge in [-0.2, -0.15) is 0 Å². The molecule has 0 amide bonds. The molecule has 232 valence electrons. The minimum Gasteiger partial charge on any atom is -0.480 e. The number of ether oxygens (including phenoxy) is 5. The number of carbonyl (C=O) groups is 4. The molecule has 41 heavy (non-hydrogen) atoms. The van der Waals surface area contributed by atoms with Crippen molar-refractivity contribution < 1.29 is 48.0 Å². The fraction of sp³-hybridized carbons (Fsp3) is 0.667. The summed E-state index contributed by atoms with van der Waals surface area (Å²) in [7, 11) is 0. The molecule has 2 unspecified atom stereocenters. The van der Waals surface area contributed by atoms with Gasteiger partial charge in [-0.15, -0.1) is 0 Å². The van der Waals surface area contributed by atoms with E-state index >= 15 is 0 Å². The van der Waals surface area contributed by atoms with E-state index in [0.717, 1.165) is 0 Å². The lowest BCUT2D eigenvalue weighted by Crippen LogP contribution is -2.39. The molecule has 11 nitrogen and oxygen atoms in total. The molecule has 0 radical (unpaired) electrons. The van der Waals surface area contributed by atoms with E-state index in [4.69, 9.17) is 29.4 Å². The van der Waals surface area contributed by atoms with Gasteiger partial charge in [0.05, 0.1) is 11.5 Å². The summed E-state index contributed by atoms with van der Waals surface area (Å²) < 4.78 is 27.1. The molecule has 0 bridgehead atoms. The summed E-state index contributed by atoms with van der Waals surface area (Å²) >= 11 is 0. The van der Waals surface area contributed by atoms with Crippen molar-refractivity contribution in [3.63, 3.8) is 0 Å². The van der Waals surface area contributed by atoms with Gasteiger partial charge in [-0.25, -0.2) is 9.59 Å². The van der Waals surface area contributed by atoms with Crippen molar-refractivity contribution in [2.45, 2.75) is 124 Å². The average molecular weight is 582 g/mol. The van der Waals surface area contributed by atoms with Gasteiger partial charge >= 0.3 is 24.2 Å². The molecule has 1 aromatic carbocycles. The third kappa shape index (κ3) is 11.2. The molecule has 0 aliphatic rings. The van der Waals surface area contributed by atoms with E-state index in [1.807, 2.05) is 20.8 Å². The van der Waals surface area contributed by atoms with Crippen molar-refractivity contribution in [3.05, 3.63) is 23.8 Å². The Hall–Kier alpha value is -3.34. The van der Waals surface area contributed by atoms with Crippen molar-refractivity contribution in [1.29, 1.82) is 0 Å². The number of esters is 1. The third-order valence-electron chi connectivity index (χ3n) is 7.25. The highest BCUT2D eigenvalue weighted by atomic mass is 16.8. The molecule has 1 rings (SSSR count). The second-order valence-corrected chi connectivity index (χ2v) is 12.0. The molecule has 0 saturated heterocycles. The second kappa shape index (κ2) is 14.5. The summed E-state index contributed by atoms with van der Waals surface area (Å²) in [5.74, 6) is -2.92. The van der Waals surface area contributed by atoms with Crippen molar-refractivity contribution >= 4 is 24.2 Å². The van der Waals surface area contributed by atoms with Crippen molar-refractivity contribution in [2.75, 3.05) is 0 Å². The molecule has 1 aromatic rings. The van der Waals surface area contributed by atoms with Crippen LogP contribution in [-0.2, 0) is 23.8 Å². The normalized spacial score (nSPS) is 14.3. The van der Waals surface area contributed by atoms with Gasteiger partial charge in [0.1, 0.15) is 17.2 Å². The lowest BCUT2D eigenvalue weighted by Gasteiger charge is -2.28. The zero-order valence-corrected chi connectivity index (χ0v) is 26.0. The van der Waals surface area contributed by atoms with Crippen LogP contribution in [0.25, 0.3) is 0 Å². The van der Waals surface area contributed by atoms with Crippen LogP contribution in [0.5, 0.6) is 11.5 Å². The van der Waals surface area contributed by atoms with E-state index in [1.54, 1.807) is 48.5 Å². The highest BCUT2D eigenvalue weighted by molar-refractivity contribution is 5.76. The number of hydrogen-bond donors (Lipinski definition) is 2. The number of hydrogen-bond acceptors (Lipinski definition) is 10. The molecule has 0 aliphatic heterocycles. The van der Waals surface area contributed by atoms with Crippen LogP contribution in [0, 0.1) is 5.41 Å². The van der Waals surface area contributed by atoms with Crippen LogP contribution in [0.15, 0.2) is 18.2 Å². The zero-order chi connectivity index (χ0) is 31.8. The Bertz CT molecular complexity index is 1080. The standard InChI is InChI=1S/C30H47NO10/c1-11-28(5,6)25(34)37-18(4)16-20(23(31)24(32)33)19-14-15-21(38-26(35)40-29(7,8)12-2)22(17-19)39-27(36)41-30(9,10)13-3/h14-15,17-18,20,23H,11-13,16,31H2,1-10H3,(H,32,33)/t18?,20?,23-/m0/s1. The van der Waals surface area contributed by atoms with Gasteiger partial charge in [0.15, 0.2) is 11.5 Å². The third-order valence-corrected chi connectivity index (χ3v) is 7.25. The highest BCUT2D eigenvalue weighted by Gasteiger charge is 2.33. The second-order valence-electron chi connectivity index (χ2n) is 12.0. The lowest BCUT2D eigenvalue weighted by molar-refractivity contribution is -0.159. The molecular formula is C30H47NO10. The van der Waals surface area contributed by atoms with Gasteiger partial charge < -0.3 is 34.5 Å². The maximum Gasteiger partial charge on any atom is 0.514 e. The van der Waals surface area contributed by atoms with Crippen LogP contribution < -0.4 is 15.2 Å². The molecule has 0 saturated carbocycles. The predicted molar refractivity (Wildman–Crippen MR) is 152 cm³/mol. The van der Waals surface area contributed by atoms with Crippen LogP contribution in [0.2, 0.25) is 0 Å². The molecule has 0 aromatic heterocycles. The fourth-order valence-corrected chi connectivity index (χ4v) is 3.29. The summed E-state index contributed by atoms with van der Waals surface area (Å²) in [5, 5.41) is 9.73. The molecule has 0 heterocycles. The smallest absolute Gasteiger partial charge is 0.480 e. The summed E-state index contributed by atoms with van der Waals surface area (Å²) in [6.07, 6.45) is -1.12. The first-order chi connectivity index (χ1) is 18.8. The zero-order valence-electron chi connectivity index (χ0n) is 26.0. The number of carboxylic acid groups (broad SMARTS) is 1. The minimum absolute atomic E-state index is 0.0543. The summed E-state index contributed by atoms with van der Waals surface area (Å²) in [6.45, 7) is 17.6. The highest BCUT2D eigenvalue weighted by Crippen LogP contribution is 2.36. The first-order valence-corrected chi connectivity index (χ1v) is 13.9. The molecule has 3 N–H and O–H groups in total. The maximum atomic E-state index is 12.7. The van der Waals surface area contributed by atoms with Crippen molar-refractivity contribution in [3.8, 4) is 11.5 Å². The van der Waals surface area contributed by atoms with E-state index in [0.29, 0.717) is 24.8 Å². The average Bonchev–Trinajstić information content (AvgIpc) is 2.87. The van der Waals surface area contributed by atoms with Gasteiger partial charge in [-0.05, 0) is 91.8 Å². The topological polar surface area (TPSA) is 161 Å². The molecule has 0 aliphatic carbocycles. The summed E-state index contributed by atoms with van der Waals surface area (Å²) in [5.41, 5.74) is 4.06. The Balaban J connectivity index is 3.46. The number of aliphatic carboxylic acids is 1. The Morgan fingerprint density at radius 2 is 1.32 bits per heavy atom. The van der Waals surface area contributed by atoms with E-state index in [1.165, 1.54) is 18.2 Å². The fourth-order valence-electron chi connectivity index (χ4n) is 3.29. The van der Waals surface area contributed by atoms with Gasteiger partial charge in [-0.1, -0.05) is 26.8 Å². The minimum atomic E-state index is -1.39. The largest absolute Gasteiger partial charge is 0.514 e. The van der Waals surface area contributed by atoms with E-state index < -0.39 is 58.9 Å². The summed E-state index contributed by atoms with van der Waals surface area (Å²) in [4.78, 5) is 49.7. The van der Waals surface area contributed by atoms with Crippen LogP contribution in [0.4, 0.5) is 9.59 Å². The molecule has 0 spiro atoms. The van der Waals surface area contributed by atoms with Gasteiger partial charge in [0, 0.05) is 5.92 Å². The maximum absolute atomic E-state index is 12.7. The lowest BCUT2D eigenvalue weighted by atomic mass is 9.86. The number of benzene rings is 1. The number of rotatable bonds is 14. The number of carbonyl (C=O) groups excluding carboxylic acids is 3. The van der Waals surface area contributed by atoms with Gasteiger partial charge in [0.25, 0.3) is 0 Å². The van der Waals surface area contributed by atoms with E-state index in [-0.39, 0.29) is 17.9 Å². The van der Waals surface area contributed by atoms with Crippen LogP contribution in [0.3, 0.4) is 0 Å².